The minimum Gasteiger partial charge on any atom is -0.457 e. The van der Waals surface area contributed by atoms with Crippen LogP contribution in [0, 0.1) is 6.92 Å². The average molecular weight is 400 g/mol. The lowest BCUT2D eigenvalue weighted by Crippen LogP contribution is -2.03. The molecule has 2 aromatic carbocycles. The maximum absolute atomic E-state index is 11.3. The van der Waals surface area contributed by atoms with Crippen LogP contribution in [-0.2, 0) is 9.59 Å². The zero-order valence-corrected chi connectivity index (χ0v) is 16.5. The fraction of sp³-hybridized carbons (Fsp3) is 0.0400. The Morgan fingerprint density at radius 3 is 2.10 bits per heavy atom. The lowest BCUT2D eigenvalue weighted by atomic mass is 10.1. The van der Waals surface area contributed by atoms with Gasteiger partial charge in [-0.3, -0.25) is 0 Å². The molecule has 0 aliphatic rings. The normalized spacial score (nSPS) is 10.6. The molecule has 5 heteroatoms. The summed E-state index contributed by atoms with van der Waals surface area (Å²) < 4.78 is 16.1. The van der Waals surface area contributed by atoms with Crippen molar-refractivity contribution in [2.24, 2.45) is 0 Å². The average Bonchev–Trinajstić information content (AvgIpc) is 3.22. The number of esters is 2. The van der Waals surface area contributed by atoms with Gasteiger partial charge < -0.3 is 13.9 Å². The zero-order chi connectivity index (χ0) is 21.5. The monoisotopic (exact) mass is 400 g/mol. The molecule has 1 aromatic heterocycles. The van der Waals surface area contributed by atoms with Crippen LogP contribution in [0.4, 0.5) is 0 Å². The van der Waals surface area contributed by atoms with E-state index in [-0.39, 0.29) is 0 Å². The molecular formula is C25H20O5. The van der Waals surface area contributed by atoms with Gasteiger partial charge >= 0.3 is 11.9 Å². The number of hydrogen-bond donors (Lipinski definition) is 0. The summed E-state index contributed by atoms with van der Waals surface area (Å²) in [7, 11) is 0. The Morgan fingerprint density at radius 2 is 1.47 bits per heavy atom. The summed E-state index contributed by atoms with van der Waals surface area (Å²) in [5.74, 6) is 1.29. The maximum atomic E-state index is 11.3. The second-order valence-corrected chi connectivity index (χ2v) is 6.33. The molecule has 3 aromatic rings. The molecule has 0 aliphatic heterocycles. The second kappa shape index (κ2) is 9.39. The van der Waals surface area contributed by atoms with E-state index in [2.05, 4.69) is 13.2 Å². The van der Waals surface area contributed by atoms with Crippen molar-refractivity contribution in [3.63, 3.8) is 0 Å². The molecule has 5 nitrogen and oxygen atoms in total. The zero-order valence-electron chi connectivity index (χ0n) is 16.5. The topological polar surface area (TPSA) is 65.7 Å². The van der Waals surface area contributed by atoms with E-state index in [1.54, 1.807) is 24.3 Å². The predicted octanol–water partition coefficient (Wildman–Crippen LogP) is 5.61. The van der Waals surface area contributed by atoms with E-state index in [1.165, 1.54) is 0 Å². The highest BCUT2D eigenvalue weighted by atomic mass is 16.5. The molecule has 150 valence electrons. The van der Waals surface area contributed by atoms with Crippen molar-refractivity contribution >= 4 is 24.1 Å². The fourth-order valence-corrected chi connectivity index (χ4v) is 2.67. The third kappa shape index (κ3) is 5.23. The first-order chi connectivity index (χ1) is 14.5. The second-order valence-electron chi connectivity index (χ2n) is 6.33. The van der Waals surface area contributed by atoms with Crippen molar-refractivity contribution in [1.82, 2.24) is 0 Å². The Kier molecular flexibility index (Phi) is 6.45. The Morgan fingerprint density at radius 1 is 0.833 bits per heavy atom. The van der Waals surface area contributed by atoms with Crippen LogP contribution in [0.1, 0.15) is 16.9 Å². The van der Waals surface area contributed by atoms with Crippen LogP contribution in [-0.4, -0.2) is 11.9 Å². The van der Waals surface area contributed by atoms with Crippen molar-refractivity contribution < 1.29 is 23.5 Å². The van der Waals surface area contributed by atoms with Crippen LogP contribution < -0.4 is 9.47 Å². The van der Waals surface area contributed by atoms with Crippen molar-refractivity contribution in [2.45, 2.75) is 6.92 Å². The minimum absolute atomic E-state index is 0.438. The molecule has 0 saturated heterocycles. The quantitative estimate of drug-likeness (QED) is 0.293. The van der Waals surface area contributed by atoms with Gasteiger partial charge in [0.1, 0.15) is 23.0 Å². The molecule has 0 saturated carbocycles. The maximum Gasteiger partial charge on any atom is 0.335 e. The third-order valence-corrected chi connectivity index (χ3v) is 4.20. The van der Waals surface area contributed by atoms with Gasteiger partial charge in [-0.2, -0.15) is 0 Å². The van der Waals surface area contributed by atoms with Gasteiger partial charge in [0, 0.05) is 17.7 Å². The van der Waals surface area contributed by atoms with E-state index in [0.717, 1.165) is 28.8 Å². The van der Waals surface area contributed by atoms with Crippen LogP contribution in [0.15, 0.2) is 84.3 Å². The van der Waals surface area contributed by atoms with Gasteiger partial charge in [-0.15, -0.1) is 0 Å². The van der Waals surface area contributed by atoms with Crippen molar-refractivity contribution in [3.8, 4) is 22.8 Å². The Hall–Kier alpha value is -4.12. The molecule has 0 bridgehead atoms. The van der Waals surface area contributed by atoms with E-state index in [0.29, 0.717) is 23.0 Å². The molecular weight excluding hydrogens is 380 g/mol. The van der Waals surface area contributed by atoms with Crippen LogP contribution in [0.2, 0.25) is 0 Å². The number of furan rings is 1. The first-order valence-corrected chi connectivity index (χ1v) is 9.16. The van der Waals surface area contributed by atoms with Crippen molar-refractivity contribution in [2.75, 3.05) is 0 Å². The number of benzene rings is 2. The summed E-state index contributed by atoms with van der Waals surface area (Å²) in [5.41, 5.74) is 2.79. The third-order valence-electron chi connectivity index (χ3n) is 4.20. The molecule has 0 aliphatic carbocycles. The number of hydrogen-bond acceptors (Lipinski definition) is 5. The van der Waals surface area contributed by atoms with Gasteiger partial charge in [-0.05, 0) is 72.7 Å². The molecule has 30 heavy (non-hydrogen) atoms. The smallest absolute Gasteiger partial charge is 0.335 e. The van der Waals surface area contributed by atoms with Gasteiger partial charge in [-0.25, -0.2) is 9.59 Å². The minimum atomic E-state index is -0.504. The molecule has 0 N–H and O–H groups in total. The van der Waals surface area contributed by atoms with Gasteiger partial charge in [0.2, 0.25) is 0 Å². The first kappa shape index (κ1) is 20.6. The summed E-state index contributed by atoms with van der Waals surface area (Å²) in [6.07, 6.45) is 6.03. The highest BCUT2D eigenvalue weighted by Gasteiger charge is 2.06. The summed E-state index contributed by atoms with van der Waals surface area (Å²) in [6.45, 7) is 8.68. The largest absolute Gasteiger partial charge is 0.457 e. The molecule has 0 unspecified atom stereocenters. The Bertz CT molecular complexity index is 1120. The van der Waals surface area contributed by atoms with E-state index in [1.807, 2.05) is 49.4 Å². The van der Waals surface area contributed by atoms with Gasteiger partial charge in [-0.1, -0.05) is 25.3 Å². The predicted molar refractivity (Wildman–Crippen MR) is 116 cm³/mol. The van der Waals surface area contributed by atoms with E-state index in [4.69, 9.17) is 13.9 Å². The van der Waals surface area contributed by atoms with Crippen LogP contribution in [0.3, 0.4) is 0 Å². The molecule has 1 heterocycles. The highest BCUT2D eigenvalue weighted by molar-refractivity contribution is 5.84. The van der Waals surface area contributed by atoms with E-state index >= 15 is 0 Å². The summed E-state index contributed by atoms with van der Waals surface area (Å²) in [4.78, 5) is 22.5. The molecule has 0 spiro atoms. The van der Waals surface area contributed by atoms with Crippen molar-refractivity contribution in [3.05, 3.63) is 96.8 Å². The number of rotatable bonds is 7. The number of aryl methyl sites for hydroxylation is 1. The molecule has 0 atom stereocenters. The van der Waals surface area contributed by atoms with Gasteiger partial charge in [0.15, 0.2) is 0 Å². The van der Waals surface area contributed by atoms with Crippen LogP contribution >= 0.6 is 0 Å². The number of ether oxygens (including phenoxy) is 2. The van der Waals surface area contributed by atoms with Gasteiger partial charge in [0.25, 0.3) is 0 Å². The summed E-state index contributed by atoms with van der Waals surface area (Å²) in [6, 6.07) is 16.1. The SMILES string of the molecule is C=CC(=O)Oc1ccc(-c2ccc(/C=C/c3ccc(OC(=O)C=C)cc3C)o2)cc1. The Labute approximate surface area is 174 Å². The summed E-state index contributed by atoms with van der Waals surface area (Å²) in [5, 5.41) is 0. The number of carbonyl (C=O) groups is 2. The van der Waals surface area contributed by atoms with E-state index in [9.17, 15) is 9.59 Å². The standard InChI is InChI=1S/C25H20O5/c1-4-24(26)29-21-11-8-19(9-12-21)23-15-14-20(28-23)10-6-18-7-13-22(16-17(18)3)30-25(27)5-2/h4-16H,1-2H2,3H3/b10-6+. The molecule has 0 fully saturated rings. The van der Waals surface area contributed by atoms with Crippen LogP contribution in [0.5, 0.6) is 11.5 Å². The fourth-order valence-electron chi connectivity index (χ4n) is 2.67. The highest BCUT2D eigenvalue weighted by Crippen LogP contribution is 2.26. The molecule has 0 radical (unpaired) electrons. The summed E-state index contributed by atoms with van der Waals surface area (Å²) >= 11 is 0. The van der Waals surface area contributed by atoms with E-state index < -0.39 is 11.9 Å². The van der Waals surface area contributed by atoms with Gasteiger partial charge in [0.05, 0.1) is 0 Å². The molecule has 3 rings (SSSR count). The lowest BCUT2D eigenvalue weighted by molar-refractivity contribution is -0.129. The molecule has 0 amide bonds. The Balaban J connectivity index is 1.70. The lowest BCUT2D eigenvalue weighted by Gasteiger charge is -2.05. The first-order valence-electron chi connectivity index (χ1n) is 9.16. The van der Waals surface area contributed by atoms with Crippen LogP contribution in [0.25, 0.3) is 23.5 Å². The number of carbonyl (C=O) groups excluding carboxylic acids is 2. The van der Waals surface area contributed by atoms with Crippen molar-refractivity contribution in [1.29, 1.82) is 0 Å².